The van der Waals surface area contributed by atoms with Gasteiger partial charge in [0.1, 0.15) is 11.6 Å². The quantitative estimate of drug-likeness (QED) is 0.527. The highest BCUT2D eigenvalue weighted by Crippen LogP contribution is 2.20. The molecule has 0 atom stereocenters. The van der Waals surface area contributed by atoms with E-state index in [-0.39, 0.29) is 10.6 Å². The molecule has 0 bridgehead atoms. The first-order chi connectivity index (χ1) is 12.2. The lowest BCUT2D eigenvalue weighted by Crippen LogP contribution is -2.36. The van der Waals surface area contributed by atoms with Gasteiger partial charge in [-0.2, -0.15) is 9.41 Å². The molecule has 0 aliphatic rings. The number of halogens is 2. The number of nitrogens with one attached hydrogen (secondary N) is 1. The number of carbonyl (C=O) groups excluding carboxylic acids is 1. The maximum absolute atomic E-state index is 12.9. The predicted octanol–water partition coefficient (Wildman–Crippen LogP) is 2.06. The van der Waals surface area contributed by atoms with Crippen molar-refractivity contribution in [1.29, 1.82) is 0 Å². The number of sulfonamides is 1. The molecule has 2 N–H and O–H groups in total. The van der Waals surface area contributed by atoms with Crippen molar-refractivity contribution >= 4 is 38.1 Å². The van der Waals surface area contributed by atoms with E-state index in [0.717, 1.165) is 28.6 Å². The minimum Gasteiger partial charge on any atom is -0.507 e. The van der Waals surface area contributed by atoms with E-state index >= 15 is 0 Å². The summed E-state index contributed by atoms with van der Waals surface area (Å²) in [6.07, 6.45) is 1.23. The highest BCUT2D eigenvalue weighted by Gasteiger charge is 2.22. The van der Waals surface area contributed by atoms with Gasteiger partial charge in [0.15, 0.2) is 0 Å². The van der Waals surface area contributed by atoms with Crippen LogP contribution in [0, 0.1) is 5.82 Å². The van der Waals surface area contributed by atoms with E-state index in [9.17, 15) is 22.7 Å². The average Bonchev–Trinajstić information content (AvgIpc) is 2.58. The van der Waals surface area contributed by atoms with Gasteiger partial charge in [-0.3, -0.25) is 4.79 Å². The average molecular weight is 444 g/mol. The van der Waals surface area contributed by atoms with Gasteiger partial charge in [0.2, 0.25) is 10.0 Å². The molecule has 0 aromatic heterocycles. The Kier molecular flexibility index (Phi) is 6.46. The molecule has 0 heterocycles. The summed E-state index contributed by atoms with van der Waals surface area (Å²) in [7, 11) is -2.71. The van der Waals surface area contributed by atoms with Gasteiger partial charge in [0.05, 0.1) is 17.7 Å². The first kappa shape index (κ1) is 20.0. The SMILES string of the molecule is CN(CC(=O)NN=Cc1cc(Br)ccc1O)S(=O)(=O)c1ccc(F)cc1. The van der Waals surface area contributed by atoms with Gasteiger partial charge in [-0.15, -0.1) is 0 Å². The minimum absolute atomic E-state index is 0.0257. The third-order valence-corrected chi connectivity index (χ3v) is 5.58. The van der Waals surface area contributed by atoms with Crippen LogP contribution in [0.3, 0.4) is 0 Å². The summed E-state index contributed by atoms with van der Waals surface area (Å²) < 4.78 is 39.1. The van der Waals surface area contributed by atoms with Crippen LogP contribution in [0.25, 0.3) is 0 Å². The van der Waals surface area contributed by atoms with Crippen molar-refractivity contribution in [2.24, 2.45) is 5.10 Å². The van der Waals surface area contributed by atoms with E-state index in [2.05, 4.69) is 26.5 Å². The van der Waals surface area contributed by atoms with Crippen molar-refractivity contribution in [3.63, 3.8) is 0 Å². The van der Waals surface area contributed by atoms with Crippen molar-refractivity contribution in [2.45, 2.75) is 4.90 Å². The van der Waals surface area contributed by atoms with E-state index in [1.165, 1.54) is 19.3 Å². The number of nitrogens with zero attached hydrogens (tertiary/aromatic N) is 2. The maximum atomic E-state index is 12.9. The topological polar surface area (TPSA) is 99.1 Å². The fraction of sp³-hybridized carbons (Fsp3) is 0.125. The van der Waals surface area contributed by atoms with Gasteiger partial charge in [-0.1, -0.05) is 15.9 Å². The third kappa shape index (κ3) is 5.10. The number of phenols is 1. The zero-order chi connectivity index (χ0) is 19.3. The van der Waals surface area contributed by atoms with Gasteiger partial charge in [-0.25, -0.2) is 18.2 Å². The Hall–Kier alpha value is -2.30. The number of hydrogen-bond acceptors (Lipinski definition) is 5. The molecule has 7 nitrogen and oxygen atoms in total. The number of hydrazone groups is 1. The number of aromatic hydroxyl groups is 1. The largest absolute Gasteiger partial charge is 0.507 e. The lowest BCUT2D eigenvalue weighted by molar-refractivity contribution is -0.121. The molecule has 0 fully saturated rings. The number of hydrogen-bond donors (Lipinski definition) is 2. The maximum Gasteiger partial charge on any atom is 0.255 e. The standard InChI is InChI=1S/C16H15BrFN3O4S/c1-21(26(24,25)14-5-3-13(18)4-6-14)10-16(23)20-19-9-11-8-12(17)2-7-15(11)22/h2-9,22H,10H2,1H3,(H,20,23). The molecule has 0 radical (unpaired) electrons. The van der Waals surface area contributed by atoms with E-state index in [0.29, 0.717) is 10.0 Å². The fourth-order valence-electron chi connectivity index (χ4n) is 1.91. The van der Waals surface area contributed by atoms with Crippen molar-refractivity contribution in [1.82, 2.24) is 9.73 Å². The monoisotopic (exact) mass is 443 g/mol. The molecule has 0 saturated heterocycles. The zero-order valence-corrected chi connectivity index (χ0v) is 16.0. The molecule has 2 aromatic carbocycles. The Morgan fingerprint density at radius 3 is 2.62 bits per heavy atom. The molecule has 0 aliphatic heterocycles. The summed E-state index contributed by atoms with van der Waals surface area (Å²) >= 11 is 3.24. The van der Waals surface area contributed by atoms with Crippen molar-refractivity contribution in [3.8, 4) is 5.75 Å². The van der Waals surface area contributed by atoms with Crippen LogP contribution in [0.2, 0.25) is 0 Å². The van der Waals surface area contributed by atoms with Crippen LogP contribution >= 0.6 is 15.9 Å². The smallest absolute Gasteiger partial charge is 0.255 e. The summed E-state index contributed by atoms with van der Waals surface area (Å²) in [5, 5.41) is 13.3. The Bertz CT molecular complexity index is 933. The Morgan fingerprint density at radius 1 is 1.31 bits per heavy atom. The second kappa shape index (κ2) is 8.39. The number of phenolic OH excluding ortho intramolecular Hbond substituents is 1. The summed E-state index contributed by atoms with van der Waals surface area (Å²) in [5.41, 5.74) is 2.55. The number of benzene rings is 2. The molecule has 26 heavy (non-hydrogen) atoms. The highest BCUT2D eigenvalue weighted by atomic mass is 79.9. The molecule has 0 spiro atoms. The lowest BCUT2D eigenvalue weighted by Gasteiger charge is -2.16. The van der Waals surface area contributed by atoms with Crippen LogP contribution < -0.4 is 5.43 Å². The second-order valence-electron chi connectivity index (χ2n) is 5.21. The van der Waals surface area contributed by atoms with Crippen LogP contribution in [0.4, 0.5) is 4.39 Å². The van der Waals surface area contributed by atoms with Gasteiger partial charge in [0.25, 0.3) is 5.91 Å². The number of likely N-dealkylation sites (N-methyl/N-ethyl adjacent to an activating group) is 1. The van der Waals surface area contributed by atoms with E-state index in [1.807, 2.05) is 0 Å². The summed E-state index contributed by atoms with van der Waals surface area (Å²) in [4.78, 5) is 11.7. The Labute approximate surface area is 158 Å². The molecule has 0 saturated carbocycles. The molecular formula is C16H15BrFN3O4S. The van der Waals surface area contributed by atoms with E-state index < -0.39 is 28.3 Å². The van der Waals surface area contributed by atoms with Gasteiger partial charge >= 0.3 is 0 Å². The summed E-state index contributed by atoms with van der Waals surface area (Å²) in [6, 6.07) is 8.97. The molecule has 2 aromatic rings. The summed E-state index contributed by atoms with van der Waals surface area (Å²) in [5.74, 6) is -1.26. The van der Waals surface area contributed by atoms with Crippen molar-refractivity contribution < 1.29 is 22.7 Å². The van der Waals surface area contributed by atoms with Crippen LogP contribution in [0.1, 0.15) is 5.56 Å². The fourth-order valence-corrected chi connectivity index (χ4v) is 3.42. The minimum atomic E-state index is -3.93. The molecule has 2 rings (SSSR count). The Morgan fingerprint density at radius 2 is 1.96 bits per heavy atom. The van der Waals surface area contributed by atoms with Crippen molar-refractivity contribution in [3.05, 3.63) is 58.3 Å². The molecular weight excluding hydrogens is 429 g/mol. The molecule has 10 heteroatoms. The van der Waals surface area contributed by atoms with E-state index in [4.69, 9.17) is 0 Å². The van der Waals surface area contributed by atoms with Gasteiger partial charge in [-0.05, 0) is 42.5 Å². The molecule has 138 valence electrons. The molecule has 0 unspecified atom stereocenters. The van der Waals surface area contributed by atoms with Crippen LogP contribution in [0.15, 0.2) is 56.9 Å². The predicted molar refractivity (Wildman–Crippen MR) is 97.8 cm³/mol. The van der Waals surface area contributed by atoms with Gasteiger partial charge in [0, 0.05) is 17.1 Å². The van der Waals surface area contributed by atoms with Crippen LogP contribution in [-0.2, 0) is 14.8 Å². The zero-order valence-electron chi connectivity index (χ0n) is 13.6. The molecule has 0 aliphatic carbocycles. The first-order valence-electron chi connectivity index (χ1n) is 7.22. The number of amides is 1. The van der Waals surface area contributed by atoms with Crippen LogP contribution in [0.5, 0.6) is 5.75 Å². The van der Waals surface area contributed by atoms with Crippen molar-refractivity contribution in [2.75, 3.05) is 13.6 Å². The Balaban J connectivity index is 1.99. The highest BCUT2D eigenvalue weighted by molar-refractivity contribution is 9.10. The van der Waals surface area contributed by atoms with E-state index in [1.54, 1.807) is 12.1 Å². The summed E-state index contributed by atoms with van der Waals surface area (Å²) in [6.45, 7) is -0.485. The number of carbonyl (C=O) groups is 1. The normalized spacial score (nSPS) is 11.8. The lowest BCUT2D eigenvalue weighted by atomic mass is 10.2. The number of rotatable bonds is 6. The van der Waals surface area contributed by atoms with Gasteiger partial charge < -0.3 is 5.11 Å². The first-order valence-corrected chi connectivity index (χ1v) is 9.46. The third-order valence-electron chi connectivity index (χ3n) is 3.27. The van der Waals surface area contributed by atoms with Crippen LogP contribution in [-0.4, -0.2) is 43.5 Å². The second-order valence-corrected chi connectivity index (χ2v) is 8.17. The molecule has 1 amide bonds.